The molecule has 2 N–H and O–H groups in total. The van der Waals surface area contributed by atoms with Crippen LogP contribution in [0.5, 0.6) is 0 Å². The van der Waals surface area contributed by atoms with E-state index in [-0.39, 0.29) is 5.92 Å². The standard InChI is InChI=1S/C16H18BrNO/c1-18-11-15(12-5-3-2-4-6-12)16(19)13-7-9-14(17)10-8-13/h2-10,15-16,18-19H,11H2,1H3. The third-order valence-electron chi connectivity index (χ3n) is 3.24. The van der Waals surface area contributed by atoms with Crippen molar-refractivity contribution in [3.63, 3.8) is 0 Å². The largest absolute Gasteiger partial charge is 0.388 e. The zero-order chi connectivity index (χ0) is 13.7. The Balaban J connectivity index is 2.26. The molecule has 0 bridgehead atoms. The average molecular weight is 320 g/mol. The monoisotopic (exact) mass is 319 g/mol. The lowest BCUT2D eigenvalue weighted by atomic mass is 9.89. The molecule has 0 saturated carbocycles. The normalized spacial score (nSPS) is 14.1. The van der Waals surface area contributed by atoms with Gasteiger partial charge in [0.1, 0.15) is 0 Å². The SMILES string of the molecule is CNCC(c1ccccc1)C(O)c1ccc(Br)cc1. The van der Waals surface area contributed by atoms with Crippen LogP contribution in [0, 0.1) is 0 Å². The quantitative estimate of drug-likeness (QED) is 0.884. The Hall–Kier alpha value is -1.16. The van der Waals surface area contributed by atoms with Gasteiger partial charge in [-0.2, -0.15) is 0 Å². The van der Waals surface area contributed by atoms with Crippen molar-refractivity contribution in [2.45, 2.75) is 12.0 Å². The Labute approximate surface area is 122 Å². The fourth-order valence-corrected chi connectivity index (χ4v) is 2.49. The zero-order valence-corrected chi connectivity index (χ0v) is 12.5. The summed E-state index contributed by atoms with van der Waals surface area (Å²) in [5, 5.41) is 13.8. The van der Waals surface area contributed by atoms with Crippen molar-refractivity contribution in [3.05, 3.63) is 70.2 Å². The fraction of sp³-hybridized carbons (Fsp3) is 0.250. The van der Waals surface area contributed by atoms with E-state index in [1.54, 1.807) is 0 Å². The zero-order valence-electron chi connectivity index (χ0n) is 10.9. The molecule has 19 heavy (non-hydrogen) atoms. The Kier molecular flexibility index (Phi) is 5.14. The third-order valence-corrected chi connectivity index (χ3v) is 3.77. The predicted molar refractivity (Wildman–Crippen MR) is 82.2 cm³/mol. The first kappa shape index (κ1) is 14.3. The number of aliphatic hydroxyl groups excluding tert-OH is 1. The molecule has 0 aromatic heterocycles. The van der Waals surface area contributed by atoms with E-state index in [0.29, 0.717) is 0 Å². The van der Waals surface area contributed by atoms with Crippen LogP contribution in [0.2, 0.25) is 0 Å². The molecule has 3 heteroatoms. The lowest BCUT2D eigenvalue weighted by Gasteiger charge is -2.23. The van der Waals surface area contributed by atoms with Gasteiger partial charge in [0.2, 0.25) is 0 Å². The summed E-state index contributed by atoms with van der Waals surface area (Å²) in [7, 11) is 1.91. The highest BCUT2D eigenvalue weighted by Crippen LogP contribution is 2.30. The van der Waals surface area contributed by atoms with Gasteiger partial charge >= 0.3 is 0 Å². The Bertz CT molecular complexity index is 498. The first-order valence-electron chi connectivity index (χ1n) is 6.35. The molecule has 2 aromatic rings. The smallest absolute Gasteiger partial charge is 0.0870 e. The molecule has 100 valence electrons. The minimum Gasteiger partial charge on any atom is -0.388 e. The number of aliphatic hydroxyl groups is 1. The van der Waals surface area contributed by atoms with Crippen LogP contribution in [0.25, 0.3) is 0 Å². The van der Waals surface area contributed by atoms with Gasteiger partial charge in [-0.15, -0.1) is 0 Å². The van der Waals surface area contributed by atoms with Gasteiger partial charge in [-0.05, 0) is 30.3 Å². The number of likely N-dealkylation sites (N-methyl/N-ethyl adjacent to an activating group) is 1. The van der Waals surface area contributed by atoms with Crippen LogP contribution in [0.4, 0.5) is 0 Å². The highest BCUT2D eigenvalue weighted by atomic mass is 79.9. The van der Waals surface area contributed by atoms with Crippen molar-refractivity contribution in [3.8, 4) is 0 Å². The molecule has 0 aliphatic rings. The van der Waals surface area contributed by atoms with Crippen LogP contribution in [-0.4, -0.2) is 18.7 Å². The molecular weight excluding hydrogens is 302 g/mol. The minimum absolute atomic E-state index is 0.0485. The molecule has 0 fully saturated rings. The molecule has 0 aliphatic heterocycles. The Morgan fingerprint density at radius 3 is 2.21 bits per heavy atom. The second-order valence-corrected chi connectivity index (χ2v) is 5.49. The average Bonchev–Trinajstić information content (AvgIpc) is 2.46. The van der Waals surface area contributed by atoms with Gasteiger partial charge in [-0.25, -0.2) is 0 Å². The second-order valence-electron chi connectivity index (χ2n) is 4.57. The number of benzene rings is 2. The summed E-state index contributed by atoms with van der Waals surface area (Å²) in [6.07, 6.45) is -0.511. The molecule has 2 rings (SSSR count). The van der Waals surface area contributed by atoms with Gasteiger partial charge in [0.25, 0.3) is 0 Å². The lowest BCUT2D eigenvalue weighted by Crippen LogP contribution is -2.23. The molecule has 0 amide bonds. The number of halogens is 1. The maximum Gasteiger partial charge on any atom is 0.0870 e. The summed E-state index contributed by atoms with van der Waals surface area (Å²) in [6, 6.07) is 18.0. The maximum absolute atomic E-state index is 10.6. The predicted octanol–water partition coefficient (Wildman–Crippen LogP) is 3.49. The number of hydrogen-bond donors (Lipinski definition) is 2. The summed E-state index contributed by atoms with van der Waals surface area (Å²) >= 11 is 3.41. The Morgan fingerprint density at radius 2 is 1.63 bits per heavy atom. The first-order valence-corrected chi connectivity index (χ1v) is 7.14. The van der Waals surface area contributed by atoms with Crippen LogP contribution in [-0.2, 0) is 0 Å². The van der Waals surface area contributed by atoms with Gasteiger partial charge < -0.3 is 10.4 Å². The number of hydrogen-bond acceptors (Lipinski definition) is 2. The van der Waals surface area contributed by atoms with E-state index < -0.39 is 6.10 Å². The topological polar surface area (TPSA) is 32.3 Å². The van der Waals surface area contributed by atoms with Gasteiger partial charge in [0.15, 0.2) is 0 Å². The summed E-state index contributed by atoms with van der Waals surface area (Å²) in [4.78, 5) is 0. The van der Waals surface area contributed by atoms with Crippen molar-refractivity contribution in [1.29, 1.82) is 0 Å². The highest BCUT2D eigenvalue weighted by molar-refractivity contribution is 9.10. The maximum atomic E-state index is 10.6. The van der Waals surface area contributed by atoms with E-state index in [1.807, 2.05) is 49.5 Å². The molecule has 0 radical (unpaired) electrons. The van der Waals surface area contributed by atoms with Crippen LogP contribution < -0.4 is 5.32 Å². The van der Waals surface area contributed by atoms with E-state index in [4.69, 9.17) is 0 Å². The molecule has 0 aliphatic carbocycles. The Morgan fingerprint density at radius 1 is 1.00 bits per heavy atom. The fourth-order valence-electron chi connectivity index (χ4n) is 2.22. The van der Waals surface area contributed by atoms with Gasteiger partial charge in [0, 0.05) is 16.9 Å². The summed E-state index contributed by atoms with van der Waals surface area (Å²) in [5.74, 6) is 0.0485. The van der Waals surface area contributed by atoms with Crippen LogP contribution >= 0.6 is 15.9 Å². The van der Waals surface area contributed by atoms with Gasteiger partial charge in [-0.3, -0.25) is 0 Å². The van der Waals surface area contributed by atoms with Crippen molar-refractivity contribution in [2.75, 3.05) is 13.6 Å². The van der Waals surface area contributed by atoms with Crippen LogP contribution in [0.1, 0.15) is 23.1 Å². The van der Waals surface area contributed by atoms with Crippen molar-refractivity contribution in [1.82, 2.24) is 5.32 Å². The number of rotatable bonds is 5. The molecule has 0 spiro atoms. The highest BCUT2D eigenvalue weighted by Gasteiger charge is 2.21. The minimum atomic E-state index is -0.511. The number of nitrogens with one attached hydrogen (secondary N) is 1. The van der Waals surface area contributed by atoms with E-state index in [1.165, 1.54) is 0 Å². The van der Waals surface area contributed by atoms with Gasteiger partial charge in [-0.1, -0.05) is 58.4 Å². The second kappa shape index (κ2) is 6.85. The molecular formula is C16H18BrNO. The van der Waals surface area contributed by atoms with E-state index in [0.717, 1.165) is 22.1 Å². The lowest BCUT2D eigenvalue weighted by molar-refractivity contribution is 0.144. The summed E-state index contributed by atoms with van der Waals surface area (Å²) < 4.78 is 1.02. The summed E-state index contributed by atoms with van der Waals surface area (Å²) in [5.41, 5.74) is 2.08. The van der Waals surface area contributed by atoms with Crippen LogP contribution in [0.3, 0.4) is 0 Å². The molecule has 2 nitrogen and oxygen atoms in total. The molecule has 0 heterocycles. The van der Waals surface area contributed by atoms with E-state index >= 15 is 0 Å². The van der Waals surface area contributed by atoms with Crippen LogP contribution in [0.15, 0.2) is 59.1 Å². The van der Waals surface area contributed by atoms with Crippen molar-refractivity contribution >= 4 is 15.9 Å². The molecule has 2 aromatic carbocycles. The van der Waals surface area contributed by atoms with E-state index in [2.05, 4.69) is 33.4 Å². The molecule has 2 atom stereocenters. The van der Waals surface area contributed by atoms with Gasteiger partial charge in [0.05, 0.1) is 6.10 Å². The summed E-state index contributed by atoms with van der Waals surface area (Å²) in [6.45, 7) is 0.737. The first-order chi connectivity index (χ1) is 9.22. The van der Waals surface area contributed by atoms with Crippen molar-refractivity contribution < 1.29 is 5.11 Å². The molecule has 0 saturated heterocycles. The van der Waals surface area contributed by atoms with Crippen molar-refractivity contribution in [2.24, 2.45) is 0 Å². The third kappa shape index (κ3) is 3.66. The molecule has 2 unspecified atom stereocenters. The van der Waals surface area contributed by atoms with E-state index in [9.17, 15) is 5.11 Å².